The number of Topliss-reactive ketones (excluding diaryl/α,β-unsaturated/α-hetero) is 1. The summed E-state index contributed by atoms with van der Waals surface area (Å²) < 4.78 is 0. The van der Waals surface area contributed by atoms with Gasteiger partial charge in [0.15, 0.2) is 0 Å². The number of hydrogen-bond acceptors (Lipinski definition) is 6. The van der Waals surface area contributed by atoms with Crippen LogP contribution >= 0.6 is 0 Å². The fraction of sp³-hybridized carbons (Fsp3) is 0.500. The van der Waals surface area contributed by atoms with Gasteiger partial charge in [0.25, 0.3) is 0 Å². The van der Waals surface area contributed by atoms with Gasteiger partial charge in [-0.2, -0.15) is 0 Å². The molecule has 0 aromatic rings. The van der Waals surface area contributed by atoms with Crippen molar-refractivity contribution in [3.63, 3.8) is 0 Å². The zero-order valence-electron chi connectivity index (χ0n) is 4.88. The number of hydrogen-bond donors (Lipinski definition) is 3. The summed E-state index contributed by atoms with van der Waals surface area (Å²) in [5.41, 5.74) is 0. The molecule has 0 amide bonds. The molecule has 1 aliphatic heterocycles. The quantitative estimate of drug-likeness (QED) is 0.365. The van der Waals surface area contributed by atoms with E-state index in [9.17, 15) is 4.79 Å². The van der Waals surface area contributed by atoms with Crippen molar-refractivity contribution in [3.05, 3.63) is 0 Å². The van der Waals surface area contributed by atoms with E-state index < -0.39 is 18.2 Å². The second-order valence-electron chi connectivity index (χ2n) is 1.79. The molecule has 0 bridgehead atoms. The zero-order chi connectivity index (χ0) is 7.72. The van der Waals surface area contributed by atoms with E-state index in [1.807, 2.05) is 0 Å². The van der Waals surface area contributed by atoms with Crippen molar-refractivity contribution in [2.24, 2.45) is 4.99 Å². The van der Waals surface area contributed by atoms with Crippen molar-refractivity contribution in [1.82, 2.24) is 5.06 Å². The molecule has 0 saturated heterocycles. The van der Waals surface area contributed by atoms with Crippen LogP contribution < -0.4 is 0 Å². The topological polar surface area (TPSA) is 93.4 Å². The summed E-state index contributed by atoms with van der Waals surface area (Å²) in [6.07, 6.45) is -2.48. The third kappa shape index (κ3) is 0.991. The van der Waals surface area contributed by atoms with Crippen LogP contribution in [0.1, 0.15) is 0 Å². The third-order valence-corrected chi connectivity index (χ3v) is 1.09. The van der Waals surface area contributed by atoms with Crippen LogP contribution in [0.3, 0.4) is 0 Å². The van der Waals surface area contributed by atoms with Gasteiger partial charge >= 0.3 is 0 Å². The molecule has 6 heteroatoms. The molecule has 2 unspecified atom stereocenters. The molecule has 0 saturated carbocycles. The number of ketones is 1. The molecular formula is C4H6N2O4. The summed E-state index contributed by atoms with van der Waals surface area (Å²) in [5, 5.41) is 26.1. The van der Waals surface area contributed by atoms with Gasteiger partial charge in [-0.15, -0.1) is 0 Å². The number of aliphatic hydroxyl groups excluding tert-OH is 2. The molecule has 56 valence electrons. The van der Waals surface area contributed by atoms with Gasteiger partial charge in [0.1, 0.15) is 6.34 Å². The Morgan fingerprint density at radius 3 is 2.70 bits per heavy atom. The number of carbonyl (C=O) groups excluding carboxylic acids is 1. The lowest BCUT2D eigenvalue weighted by Crippen LogP contribution is -2.46. The van der Waals surface area contributed by atoms with Crippen molar-refractivity contribution >= 4 is 12.1 Å². The third-order valence-electron chi connectivity index (χ3n) is 1.09. The van der Waals surface area contributed by atoms with E-state index in [2.05, 4.69) is 4.99 Å². The second kappa shape index (κ2) is 2.33. The van der Waals surface area contributed by atoms with Crippen LogP contribution in [0.25, 0.3) is 0 Å². The molecule has 3 N–H and O–H groups in total. The summed E-state index contributed by atoms with van der Waals surface area (Å²) in [6.45, 7) is 0. The molecule has 2 atom stereocenters. The van der Waals surface area contributed by atoms with Gasteiger partial charge in [0.2, 0.25) is 18.2 Å². The Hall–Kier alpha value is -0.980. The summed E-state index contributed by atoms with van der Waals surface area (Å²) in [4.78, 5) is 13.7. The molecule has 1 heterocycles. The lowest BCUT2D eigenvalue weighted by molar-refractivity contribution is -0.174. The van der Waals surface area contributed by atoms with Crippen LogP contribution in [0.15, 0.2) is 4.99 Å². The minimum Gasteiger partial charge on any atom is -0.365 e. The van der Waals surface area contributed by atoms with Crippen molar-refractivity contribution in [2.75, 3.05) is 0 Å². The normalized spacial score (nSPS) is 33.1. The van der Waals surface area contributed by atoms with Gasteiger partial charge in [-0.25, -0.2) is 10.1 Å². The molecule has 6 nitrogen and oxygen atoms in total. The van der Waals surface area contributed by atoms with Crippen molar-refractivity contribution < 1.29 is 20.2 Å². The smallest absolute Gasteiger partial charge is 0.234 e. The van der Waals surface area contributed by atoms with E-state index in [0.29, 0.717) is 0 Å². The monoisotopic (exact) mass is 146 g/mol. The lowest BCUT2D eigenvalue weighted by Gasteiger charge is -2.22. The van der Waals surface area contributed by atoms with Gasteiger partial charge in [0.05, 0.1) is 0 Å². The van der Waals surface area contributed by atoms with E-state index in [1.165, 1.54) is 0 Å². The Morgan fingerprint density at radius 2 is 2.20 bits per heavy atom. The Morgan fingerprint density at radius 1 is 1.60 bits per heavy atom. The number of nitrogens with zero attached hydrogens (tertiary/aromatic N) is 2. The first kappa shape index (κ1) is 7.13. The standard InChI is InChI=1S/C4H6N2O4/c7-2-3(8)5-1-6(10)4(2)9/h1,3-4,8-10H. The van der Waals surface area contributed by atoms with Gasteiger partial charge in [-0.3, -0.25) is 10.0 Å². The van der Waals surface area contributed by atoms with Gasteiger partial charge in [-0.1, -0.05) is 0 Å². The van der Waals surface area contributed by atoms with Crippen LogP contribution in [-0.2, 0) is 4.79 Å². The molecule has 0 spiro atoms. The number of carbonyl (C=O) groups is 1. The molecule has 0 aromatic heterocycles. The van der Waals surface area contributed by atoms with Gasteiger partial charge in [0, 0.05) is 0 Å². The maximum absolute atomic E-state index is 10.5. The predicted molar refractivity (Wildman–Crippen MR) is 29.1 cm³/mol. The maximum Gasteiger partial charge on any atom is 0.234 e. The number of hydroxylamine groups is 2. The zero-order valence-corrected chi connectivity index (χ0v) is 4.88. The van der Waals surface area contributed by atoms with Gasteiger partial charge in [-0.05, 0) is 0 Å². The molecular weight excluding hydrogens is 140 g/mol. The molecule has 10 heavy (non-hydrogen) atoms. The average Bonchev–Trinajstić information content (AvgIpc) is 1.93. The highest BCUT2D eigenvalue weighted by Gasteiger charge is 2.30. The highest BCUT2D eigenvalue weighted by molar-refractivity contribution is 5.90. The lowest BCUT2D eigenvalue weighted by atomic mass is 10.3. The predicted octanol–water partition coefficient (Wildman–Crippen LogP) is -2.07. The maximum atomic E-state index is 10.5. The van der Waals surface area contributed by atoms with Crippen molar-refractivity contribution in [1.29, 1.82) is 0 Å². The SMILES string of the molecule is O=C1C(O)N=CN(O)C1O. The highest BCUT2D eigenvalue weighted by atomic mass is 16.5. The largest absolute Gasteiger partial charge is 0.365 e. The summed E-state index contributed by atoms with van der Waals surface area (Å²) in [7, 11) is 0. The first-order valence-electron chi connectivity index (χ1n) is 2.53. The van der Waals surface area contributed by atoms with E-state index >= 15 is 0 Å². The van der Waals surface area contributed by atoms with Crippen LogP contribution in [0.4, 0.5) is 0 Å². The van der Waals surface area contributed by atoms with Crippen molar-refractivity contribution in [2.45, 2.75) is 12.5 Å². The fourth-order valence-electron chi connectivity index (χ4n) is 0.532. The average molecular weight is 146 g/mol. The first-order valence-corrected chi connectivity index (χ1v) is 2.53. The molecule has 0 aliphatic carbocycles. The van der Waals surface area contributed by atoms with E-state index in [-0.39, 0.29) is 5.06 Å². The van der Waals surface area contributed by atoms with Crippen molar-refractivity contribution in [3.8, 4) is 0 Å². The van der Waals surface area contributed by atoms with Crippen LogP contribution in [0.2, 0.25) is 0 Å². The number of aliphatic hydroxyl groups is 2. The molecule has 0 fully saturated rings. The Bertz CT molecular complexity index is 180. The summed E-state index contributed by atoms with van der Waals surface area (Å²) >= 11 is 0. The van der Waals surface area contributed by atoms with E-state index in [4.69, 9.17) is 15.4 Å². The summed E-state index contributed by atoms with van der Waals surface area (Å²) in [5.74, 6) is -0.940. The Kier molecular flexibility index (Phi) is 1.66. The number of rotatable bonds is 0. The van der Waals surface area contributed by atoms with Gasteiger partial charge < -0.3 is 10.2 Å². The highest BCUT2D eigenvalue weighted by Crippen LogP contribution is 2.02. The van der Waals surface area contributed by atoms with Crippen LogP contribution in [-0.4, -0.2) is 45.1 Å². The molecule has 1 aliphatic rings. The minimum absolute atomic E-state index is 0.217. The minimum atomic E-state index is -1.70. The van der Waals surface area contributed by atoms with E-state index in [1.54, 1.807) is 0 Å². The first-order chi connectivity index (χ1) is 4.63. The van der Waals surface area contributed by atoms with E-state index in [0.717, 1.165) is 6.34 Å². The Labute approximate surface area is 56.0 Å². The molecule has 1 rings (SSSR count). The Balaban J connectivity index is 2.79. The molecule has 0 radical (unpaired) electrons. The van der Waals surface area contributed by atoms with Crippen LogP contribution in [0.5, 0.6) is 0 Å². The molecule has 0 aromatic carbocycles. The second-order valence-corrected chi connectivity index (χ2v) is 1.79. The summed E-state index contributed by atoms with van der Waals surface area (Å²) in [6, 6.07) is 0. The van der Waals surface area contributed by atoms with Crippen LogP contribution in [0, 0.1) is 0 Å². The fourth-order valence-corrected chi connectivity index (χ4v) is 0.532. The number of aliphatic imine (C=N–C) groups is 1.